The van der Waals surface area contributed by atoms with Gasteiger partial charge in [0.2, 0.25) is 5.82 Å². The van der Waals surface area contributed by atoms with E-state index in [0.29, 0.717) is 18.1 Å². The molecule has 2 aromatic carbocycles. The van der Waals surface area contributed by atoms with Crippen LogP contribution in [0.25, 0.3) is 22.8 Å². The van der Waals surface area contributed by atoms with Crippen LogP contribution in [-0.2, 0) is 0 Å². The van der Waals surface area contributed by atoms with Gasteiger partial charge in [0.15, 0.2) is 0 Å². The van der Waals surface area contributed by atoms with Gasteiger partial charge < -0.3 is 14.4 Å². The molecule has 0 spiro atoms. The predicted octanol–water partition coefficient (Wildman–Crippen LogP) is 4.09. The van der Waals surface area contributed by atoms with Crippen molar-refractivity contribution in [3.8, 4) is 28.6 Å². The minimum absolute atomic E-state index is 0.0141. The van der Waals surface area contributed by atoms with Crippen LogP contribution < -0.4 is 4.74 Å². The van der Waals surface area contributed by atoms with Crippen molar-refractivity contribution >= 4 is 5.97 Å². The first-order valence-electron chi connectivity index (χ1n) is 7.16. The fraction of sp³-hybridized carbons (Fsp3) is 0.118. The zero-order valence-corrected chi connectivity index (χ0v) is 12.9. The summed E-state index contributed by atoms with van der Waals surface area (Å²) in [6, 6.07) is 11.8. The molecule has 25 heavy (non-hydrogen) atoms. The molecule has 0 saturated carbocycles. The SMILES string of the molecule is CC(F)(F)Oc1ccc(-c2nc(-c3ccc(C(=O)O)cc3)no2)cc1. The summed E-state index contributed by atoms with van der Waals surface area (Å²) >= 11 is 0. The van der Waals surface area contributed by atoms with Crippen molar-refractivity contribution in [3.05, 3.63) is 54.1 Å². The Balaban J connectivity index is 1.80. The first kappa shape index (κ1) is 16.6. The highest BCUT2D eigenvalue weighted by Crippen LogP contribution is 2.26. The molecule has 1 heterocycles. The number of aromatic carboxylic acids is 1. The molecule has 3 rings (SSSR count). The van der Waals surface area contributed by atoms with E-state index in [1.165, 1.54) is 36.4 Å². The molecule has 0 aliphatic rings. The first-order chi connectivity index (χ1) is 11.8. The van der Waals surface area contributed by atoms with Gasteiger partial charge in [0, 0.05) is 18.1 Å². The summed E-state index contributed by atoms with van der Waals surface area (Å²) in [5, 5.41) is 12.7. The molecule has 0 amide bonds. The number of carbonyl (C=O) groups is 1. The Bertz CT molecular complexity index is 884. The Labute approximate surface area is 140 Å². The van der Waals surface area contributed by atoms with Crippen molar-refractivity contribution in [1.82, 2.24) is 10.1 Å². The third-order valence-electron chi connectivity index (χ3n) is 3.21. The Morgan fingerprint density at radius 3 is 2.24 bits per heavy atom. The van der Waals surface area contributed by atoms with Crippen molar-refractivity contribution in [2.45, 2.75) is 13.0 Å². The summed E-state index contributed by atoms with van der Waals surface area (Å²) in [6.45, 7) is 0.654. The van der Waals surface area contributed by atoms with Crippen LogP contribution in [-0.4, -0.2) is 27.3 Å². The summed E-state index contributed by atoms with van der Waals surface area (Å²) in [7, 11) is 0. The van der Waals surface area contributed by atoms with Gasteiger partial charge in [0.1, 0.15) is 5.75 Å². The van der Waals surface area contributed by atoms with Gasteiger partial charge in [-0.1, -0.05) is 17.3 Å². The Kier molecular flexibility index (Phi) is 4.18. The Hall–Kier alpha value is -3.29. The average molecular weight is 346 g/mol. The van der Waals surface area contributed by atoms with E-state index in [4.69, 9.17) is 9.63 Å². The lowest BCUT2D eigenvalue weighted by atomic mass is 10.1. The van der Waals surface area contributed by atoms with Crippen LogP contribution in [0.15, 0.2) is 53.1 Å². The van der Waals surface area contributed by atoms with Crippen molar-refractivity contribution in [1.29, 1.82) is 0 Å². The summed E-state index contributed by atoms with van der Waals surface area (Å²) in [4.78, 5) is 15.1. The topological polar surface area (TPSA) is 85.5 Å². The van der Waals surface area contributed by atoms with Crippen LogP contribution in [0.3, 0.4) is 0 Å². The lowest BCUT2D eigenvalue weighted by molar-refractivity contribution is -0.158. The lowest BCUT2D eigenvalue weighted by Gasteiger charge is -2.12. The average Bonchev–Trinajstić information content (AvgIpc) is 3.04. The lowest BCUT2D eigenvalue weighted by Crippen LogP contribution is -2.18. The number of hydrogen-bond donors (Lipinski definition) is 1. The van der Waals surface area contributed by atoms with Crippen molar-refractivity contribution in [2.75, 3.05) is 0 Å². The number of rotatable bonds is 5. The minimum atomic E-state index is -3.26. The predicted molar refractivity (Wildman–Crippen MR) is 83.4 cm³/mol. The molecule has 1 N–H and O–H groups in total. The van der Waals surface area contributed by atoms with Crippen LogP contribution in [0.4, 0.5) is 8.78 Å². The molecule has 0 saturated heterocycles. The van der Waals surface area contributed by atoms with Gasteiger partial charge in [0.25, 0.3) is 5.89 Å². The third-order valence-corrected chi connectivity index (χ3v) is 3.21. The number of nitrogens with zero attached hydrogens (tertiary/aromatic N) is 2. The highest BCUT2D eigenvalue weighted by Gasteiger charge is 2.23. The zero-order valence-electron chi connectivity index (χ0n) is 12.9. The van der Waals surface area contributed by atoms with Gasteiger partial charge in [-0.2, -0.15) is 13.8 Å². The van der Waals surface area contributed by atoms with Crippen LogP contribution >= 0.6 is 0 Å². The molecular formula is C17H12F2N2O4. The molecule has 3 aromatic rings. The van der Waals surface area contributed by atoms with E-state index in [1.54, 1.807) is 12.1 Å². The quantitative estimate of drug-likeness (QED) is 0.749. The summed E-state index contributed by atoms with van der Waals surface area (Å²) in [6.07, 6.45) is -3.26. The molecule has 0 aliphatic carbocycles. The first-order valence-corrected chi connectivity index (χ1v) is 7.16. The van der Waals surface area contributed by atoms with Gasteiger partial charge in [-0.3, -0.25) is 0 Å². The largest absolute Gasteiger partial charge is 0.478 e. The van der Waals surface area contributed by atoms with Crippen molar-refractivity contribution in [3.63, 3.8) is 0 Å². The summed E-state index contributed by atoms with van der Waals surface area (Å²) in [5.41, 5.74) is 1.27. The van der Waals surface area contributed by atoms with E-state index in [1.807, 2.05) is 0 Å². The number of carboxylic acids is 1. The van der Waals surface area contributed by atoms with E-state index in [2.05, 4.69) is 14.9 Å². The molecule has 0 atom stereocenters. The van der Waals surface area contributed by atoms with E-state index >= 15 is 0 Å². The molecule has 0 fully saturated rings. The molecule has 6 nitrogen and oxygen atoms in total. The van der Waals surface area contributed by atoms with Crippen molar-refractivity contribution < 1.29 is 27.9 Å². The van der Waals surface area contributed by atoms with Gasteiger partial charge >= 0.3 is 12.1 Å². The second-order valence-electron chi connectivity index (χ2n) is 5.24. The number of aromatic nitrogens is 2. The molecule has 8 heteroatoms. The molecule has 0 bridgehead atoms. The van der Waals surface area contributed by atoms with Gasteiger partial charge in [0.05, 0.1) is 5.56 Å². The fourth-order valence-corrected chi connectivity index (χ4v) is 2.09. The van der Waals surface area contributed by atoms with E-state index < -0.39 is 12.1 Å². The van der Waals surface area contributed by atoms with Crippen LogP contribution in [0, 0.1) is 0 Å². The molecule has 1 aromatic heterocycles. The van der Waals surface area contributed by atoms with E-state index in [9.17, 15) is 13.6 Å². The second-order valence-corrected chi connectivity index (χ2v) is 5.24. The third kappa shape index (κ3) is 3.97. The number of benzene rings is 2. The zero-order chi connectivity index (χ0) is 18.0. The minimum Gasteiger partial charge on any atom is -0.478 e. The smallest absolute Gasteiger partial charge is 0.394 e. The van der Waals surface area contributed by atoms with Crippen LogP contribution in [0.2, 0.25) is 0 Å². The highest BCUT2D eigenvalue weighted by atomic mass is 19.3. The summed E-state index contributed by atoms with van der Waals surface area (Å²) in [5.74, 6) is -0.528. The molecule has 0 aliphatic heterocycles. The van der Waals surface area contributed by atoms with Gasteiger partial charge in [-0.15, -0.1) is 0 Å². The highest BCUT2D eigenvalue weighted by molar-refractivity contribution is 5.88. The van der Waals surface area contributed by atoms with Crippen LogP contribution in [0.5, 0.6) is 5.75 Å². The van der Waals surface area contributed by atoms with E-state index in [-0.39, 0.29) is 23.0 Å². The number of hydrogen-bond acceptors (Lipinski definition) is 5. The molecule has 128 valence electrons. The maximum absolute atomic E-state index is 12.8. The fourth-order valence-electron chi connectivity index (χ4n) is 2.09. The summed E-state index contributed by atoms with van der Waals surface area (Å²) < 4.78 is 35.2. The second kappa shape index (κ2) is 6.31. The number of alkyl halides is 2. The monoisotopic (exact) mass is 346 g/mol. The van der Waals surface area contributed by atoms with Gasteiger partial charge in [-0.25, -0.2) is 4.79 Å². The Morgan fingerprint density at radius 2 is 1.68 bits per heavy atom. The number of carboxylic acid groups (broad SMARTS) is 1. The molecule has 0 unspecified atom stereocenters. The maximum atomic E-state index is 12.8. The Morgan fingerprint density at radius 1 is 1.08 bits per heavy atom. The van der Waals surface area contributed by atoms with Crippen LogP contribution in [0.1, 0.15) is 17.3 Å². The normalized spacial score (nSPS) is 11.3. The van der Waals surface area contributed by atoms with Crippen molar-refractivity contribution in [2.24, 2.45) is 0 Å². The molecular weight excluding hydrogens is 334 g/mol. The number of ether oxygens (including phenoxy) is 1. The number of halogens is 2. The van der Waals surface area contributed by atoms with Gasteiger partial charge in [-0.05, 0) is 36.4 Å². The van der Waals surface area contributed by atoms with E-state index in [0.717, 1.165) is 0 Å². The maximum Gasteiger partial charge on any atom is 0.394 e. The standard InChI is InChI=1S/C17H12F2N2O4/c1-17(18,19)24-13-8-6-11(7-9-13)15-20-14(21-25-15)10-2-4-12(5-3-10)16(22)23/h2-9H,1H3,(H,22,23). The molecule has 0 radical (unpaired) electrons.